The number of nitrogens with one attached hydrogen (secondary N) is 2. The van der Waals surface area contributed by atoms with E-state index in [1.54, 1.807) is 6.92 Å². The van der Waals surface area contributed by atoms with Crippen LogP contribution in [0, 0.1) is 5.41 Å². The van der Waals surface area contributed by atoms with Crippen LogP contribution >= 0.6 is 0 Å². The van der Waals surface area contributed by atoms with Crippen molar-refractivity contribution in [1.82, 2.24) is 15.5 Å². The third-order valence-electron chi connectivity index (χ3n) is 4.29. The van der Waals surface area contributed by atoms with Crippen LogP contribution in [0.25, 0.3) is 0 Å². The third-order valence-corrected chi connectivity index (χ3v) is 4.29. The minimum Gasteiger partial charge on any atom is -0.481 e. The molecule has 1 heterocycles. The first-order valence-electron chi connectivity index (χ1n) is 7.87. The van der Waals surface area contributed by atoms with Gasteiger partial charge in [0.2, 0.25) is 0 Å². The summed E-state index contributed by atoms with van der Waals surface area (Å²) < 4.78 is 0. The largest absolute Gasteiger partial charge is 0.481 e. The molecule has 122 valence electrons. The standard InChI is InChI=1S/C15H29N3O3/c1-4-15(3,13(19)20)11-16-14(21)17-12(2)10-18-8-6-5-7-9-18/h12H,4-11H2,1-3H3,(H,19,20)(H2,16,17,21). The van der Waals surface area contributed by atoms with Crippen molar-refractivity contribution in [3.05, 3.63) is 0 Å². The molecule has 6 nitrogen and oxygen atoms in total. The highest BCUT2D eigenvalue weighted by molar-refractivity contribution is 5.77. The molecule has 0 aromatic heterocycles. The molecule has 0 radical (unpaired) electrons. The van der Waals surface area contributed by atoms with Gasteiger partial charge in [0, 0.05) is 19.1 Å². The Kier molecular flexibility index (Phi) is 6.95. The Morgan fingerprint density at radius 2 is 1.90 bits per heavy atom. The van der Waals surface area contributed by atoms with Gasteiger partial charge in [-0.05, 0) is 46.2 Å². The summed E-state index contributed by atoms with van der Waals surface area (Å²) >= 11 is 0. The zero-order valence-electron chi connectivity index (χ0n) is 13.4. The Balaban J connectivity index is 2.30. The molecular weight excluding hydrogens is 270 g/mol. The maximum absolute atomic E-state index is 11.8. The van der Waals surface area contributed by atoms with E-state index in [1.165, 1.54) is 19.3 Å². The zero-order valence-corrected chi connectivity index (χ0v) is 13.4. The molecule has 6 heteroatoms. The summed E-state index contributed by atoms with van der Waals surface area (Å²) in [4.78, 5) is 25.4. The van der Waals surface area contributed by atoms with E-state index in [-0.39, 0.29) is 18.6 Å². The molecule has 0 bridgehead atoms. The molecule has 1 aliphatic rings. The smallest absolute Gasteiger partial charge is 0.315 e. The molecule has 1 fully saturated rings. The quantitative estimate of drug-likeness (QED) is 0.668. The van der Waals surface area contributed by atoms with Gasteiger partial charge in [0.1, 0.15) is 0 Å². The maximum Gasteiger partial charge on any atom is 0.315 e. The van der Waals surface area contributed by atoms with Gasteiger partial charge in [-0.15, -0.1) is 0 Å². The Bertz CT molecular complexity index is 356. The van der Waals surface area contributed by atoms with Crippen LogP contribution in [0.2, 0.25) is 0 Å². The van der Waals surface area contributed by atoms with Crippen molar-refractivity contribution in [2.24, 2.45) is 5.41 Å². The van der Waals surface area contributed by atoms with Crippen molar-refractivity contribution in [2.45, 2.75) is 52.5 Å². The lowest BCUT2D eigenvalue weighted by atomic mass is 9.88. The van der Waals surface area contributed by atoms with Gasteiger partial charge < -0.3 is 20.6 Å². The van der Waals surface area contributed by atoms with Crippen LogP contribution in [-0.2, 0) is 4.79 Å². The Morgan fingerprint density at radius 3 is 2.43 bits per heavy atom. The lowest BCUT2D eigenvalue weighted by Crippen LogP contribution is -2.49. The molecule has 2 unspecified atom stereocenters. The highest BCUT2D eigenvalue weighted by atomic mass is 16.4. The fourth-order valence-electron chi connectivity index (χ4n) is 2.48. The summed E-state index contributed by atoms with van der Waals surface area (Å²) in [6.07, 6.45) is 4.23. The number of nitrogens with zero attached hydrogens (tertiary/aromatic N) is 1. The van der Waals surface area contributed by atoms with Gasteiger partial charge in [-0.3, -0.25) is 4.79 Å². The summed E-state index contributed by atoms with van der Waals surface area (Å²) in [6, 6.07) is -0.235. The van der Waals surface area contributed by atoms with E-state index in [0.717, 1.165) is 19.6 Å². The second-order valence-corrected chi connectivity index (χ2v) is 6.31. The highest BCUT2D eigenvalue weighted by Crippen LogP contribution is 2.19. The predicted molar refractivity (Wildman–Crippen MR) is 82.3 cm³/mol. The van der Waals surface area contributed by atoms with Gasteiger partial charge in [0.05, 0.1) is 5.41 Å². The number of carbonyl (C=O) groups is 2. The van der Waals surface area contributed by atoms with Crippen LogP contribution in [0.1, 0.15) is 46.5 Å². The Morgan fingerprint density at radius 1 is 1.29 bits per heavy atom. The summed E-state index contributed by atoms with van der Waals surface area (Å²) in [5.41, 5.74) is -0.909. The number of aliphatic carboxylic acids is 1. The first-order chi connectivity index (χ1) is 9.87. The summed E-state index contributed by atoms with van der Waals surface area (Å²) in [7, 11) is 0. The second kappa shape index (κ2) is 8.22. The molecule has 0 aromatic rings. The number of carboxylic acids is 1. The molecule has 1 rings (SSSR count). The van der Waals surface area contributed by atoms with Crippen LogP contribution < -0.4 is 10.6 Å². The minimum atomic E-state index is -0.909. The van der Waals surface area contributed by atoms with Gasteiger partial charge >= 0.3 is 12.0 Å². The highest BCUT2D eigenvalue weighted by Gasteiger charge is 2.31. The van der Waals surface area contributed by atoms with E-state index in [0.29, 0.717) is 6.42 Å². The SMILES string of the molecule is CCC(C)(CNC(=O)NC(C)CN1CCCCC1)C(=O)O. The van der Waals surface area contributed by atoms with E-state index in [1.807, 2.05) is 13.8 Å². The summed E-state index contributed by atoms with van der Waals surface area (Å²) in [5, 5.41) is 14.7. The monoisotopic (exact) mass is 299 g/mol. The normalized spacial score (nSPS) is 20.3. The van der Waals surface area contributed by atoms with Gasteiger partial charge in [-0.1, -0.05) is 13.3 Å². The zero-order chi connectivity index (χ0) is 15.9. The number of amides is 2. The second-order valence-electron chi connectivity index (χ2n) is 6.31. The molecule has 0 spiro atoms. The van der Waals surface area contributed by atoms with Gasteiger partial charge in [-0.2, -0.15) is 0 Å². The van der Waals surface area contributed by atoms with Crippen molar-refractivity contribution < 1.29 is 14.7 Å². The molecule has 3 N–H and O–H groups in total. The average Bonchev–Trinajstić information content (AvgIpc) is 2.45. The van der Waals surface area contributed by atoms with E-state index >= 15 is 0 Å². The first-order valence-corrected chi connectivity index (χ1v) is 7.87. The fourth-order valence-corrected chi connectivity index (χ4v) is 2.48. The van der Waals surface area contributed by atoms with Gasteiger partial charge in [-0.25, -0.2) is 4.79 Å². The first kappa shape index (κ1) is 17.8. The molecule has 0 aliphatic carbocycles. The van der Waals surface area contributed by atoms with Gasteiger partial charge in [0.25, 0.3) is 0 Å². The van der Waals surface area contributed by atoms with Crippen molar-refractivity contribution in [3.8, 4) is 0 Å². The van der Waals surface area contributed by atoms with Crippen molar-refractivity contribution in [2.75, 3.05) is 26.2 Å². The number of likely N-dealkylation sites (tertiary alicyclic amines) is 1. The van der Waals surface area contributed by atoms with Crippen LogP contribution in [0.3, 0.4) is 0 Å². The molecule has 21 heavy (non-hydrogen) atoms. The van der Waals surface area contributed by atoms with Gasteiger partial charge in [0.15, 0.2) is 0 Å². The topological polar surface area (TPSA) is 81.7 Å². The number of carbonyl (C=O) groups excluding carboxylic acids is 1. The van der Waals surface area contributed by atoms with Crippen LogP contribution in [0.15, 0.2) is 0 Å². The number of hydrogen-bond acceptors (Lipinski definition) is 3. The summed E-state index contributed by atoms with van der Waals surface area (Å²) in [5.74, 6) is -0.883. The number of carboxylic acid groups (broad SMARTS) is 1. The Labute approximate surface area is 127 Å². The molecule has 1 aliphatic heterocycles. The number of hydrogen-bond donors (Lipinski definition) is 3. The fraction of sp³-hybridized carbons (Fsp3) is 0.867. The lowest BCUT2D eigenvalue weighted by Gasteiger charge is -2.29. The molecular formula is C15H29N3O3. The van der Waals surface area contributed by atoms with E-state index in [2.05, 4.69) is 15.5 Å². The number of piperidine rings is 1. The lowest BCUT2D eigenvalue weighted by molar-refractivity contribution is -0.147. The van der Waals surface area contributed by atoms with Crippen molar-refractivity contribution >= 4 is 12.0 Å². The van der Waals surface area contributed by atoms with Crippen molar-refractivity contribution in [3.63, 3.8) is 0 Å². The van der Waals surface area contributed by atoms with Crippen LogP contribution in [-0.4, -0.2) is 54.2 Å². The summed E-state index contributed by atoms with van der Waals surface area (Å²) in [6.45, 7) is 8.61. The average molecular weight is 299 g/mol. The number of rotatable bonds is 7. The molecule has 0 aromatic carbocycles. The maximum atomic E-state index is 11.8. The molecule has 2 amide bonds. The molecule has 0 saturated carbocycles. The van der Waals surface area contributed by atoms with E-state index in [9.17, 15) is 9.59 Å². The predicted octanol–water partition coefficient (Wildman–Crippen LogP) is 1.66. The van der Waals surface area contributed by atoms with Crippen LogP contribution in [0.5, 0.6) is 0 Å². The molecule has 2 atom stereocenters. The minimum absolute atomic E-state index is 0.0563. The Hall–Kier alpha value is -1.30. The van der Waals surface area contributed by atoms with Crippen LogP contribution in [0.4, 0.5) is 4.79 Å². The van der Waals surface area contributed by atoms with E-state index in [4.69, 9.17) is 5.11 Å². The van der Waals surface area contributed by atoms with E-state index < -0.39 is 11.4 Å². The number of urea groups is 1. The van der Waals surface area contributed by atoms with Crippen molar-refractivity contribution in [1.29, 1.82) is 0 Å². The third kappa shape index (κ3) is 5.91. The molecule has 1 saturated heterocycles.